The molecule has 3 aromatic rings. The first-order valence-electron chi connectivity index (χ1n) is 9.92. The summed E-state index contributed by atoms with van der Waals surface area (Å²) in [7, 11) is 0. The van der Waals surface area contributed by atoms with Crippen LogP contribution in [0.3, 0.4) is 0 Å². The molecule has 2 heterocycles. The Hall–Kier alpha value is -3.68. The van der Waals surface area contributed by atoms with Crippen molar-refractivity contribution in [2.45, 2.75) is 19.5 Å². The Kier molecular flexibility index (Phi) is 5.74. The first-order chi connectivity index (χ1) is 14.6. The van der Waals surface area contributed by atoms with Crippen LogP contribution in [0.25, 0.3) is 10.9 Å². The molecule has 0 unspecified atom stereocenters. The molecule has 3 amide bonds. The van der Waals surface area contributed by atoms with Gasteiger partial charge in [-0.15, -0.1) is 0 Å². The molecule has 8 nitrogen and oxygen atoms in total. The molecule has 30 heavy (non-hydrogen) atoms. The normalized spacial score (nSPS) is 13.9. The number of urea groups is 1. The van der Waals surface area contributed by atoms with Gasteiger partial charge >= 0.3 is 6.03 Å². The number of aromatic nitrogens is 2. The molecule has 1 aliphatic rings. The van der Waals surface area contributed by atoms with Crippen LogP contribution in [-0.4, -0.2) is 51.3 Å². The minimum Gasteiger partial charge on any atom is -0.338 e. The van der Waals surface area contributed by atoms with Gasteiger partial charge in [0.15, 0.2) is 0 Å². The Bertz CT molecular complexity index is 1110. The lowest BCUT2D eigenvalue weighted by molar-refractivity contribution is -0.133. The molecule has 154 valence electrons. The lowest BCUT2D eigenvalue weighted by Gasteiger charge is -2.30. The number of rotatable bonds is 6. The summed E-state index contributed by atoms with van der Waals surface area (Å²) in [6.45, 7) is 1.65. The third kappa shape index (κ3) is 4.48. The number of hydrogen-bond acceptors (Lipinski definition) is 4. The molecule has 0 atom stereocenters. The van der Waals surface area contributed by atoms with Crippen LogP contribution in [0, 0.1) is 0 Å². The second-order valence-corrected chi connectivity index (χ2v) is 7.27. The second-order valence-electron chi connectivity index (χ2n) is 7.27. The first-order valence-corrected chi connectivity index (χ1v) is 9.92. The molecule has 1 fully saturated rings. The maximum Gasteiger partial charge on any atom is 0.317 e. The molecule has 0 spiro atoms. The van der Waals surface area contributed by atoms with Gasteiger partial charge in [-0.05, 0) is 24.1 Å². The van der Waals surface area contributed by atoms with Gasteiger partial charge < -0.3 is 20.1 Å². The highest BCUT2D eigenvalue weighted by Gasteiger charge is 2.24. The number of H-pyrrole nitrogens is 1. The number of amides is 3. The molecule has 0 saturated carbocycles. The summed E-state index contributed by atoms with van der Waals surface area (Å²) in [4.78, 5) is 48.0. The van der Waals surface area contributed by atoms with Crippen molar-refractivity contribution < 1.29 is 9.59 Å². The van der Waals surface area contributed by atoms with Gasteiger partial charge in [-0.1, -0.05) is 42.5 Å². The number of benzene rings is 2. The van der Waals surface area contributed by atoms with E-state index in [0.717, 1.165) is 12.0 Å². The van der Waals surface area contributed by atoms with Gasteiger partial charge in [0.05, 0.1) is 17.4 Å². The van der Waals surface area contributed by atoms with Gasteiger partial charge in [-0.3, -0.25) is 9.59 Å². The van der Waals surface area contributed by atoms with Gasteiger partial charge in [-0.25, -0.2) is 9.78 Å². The summed E-state index contributed by atoms with van der Waals surface area (Å²) in [5.74, 6) is 0.206. The van der Waals surface area contributed by atoms with E-state index in [0.29, 0.717) is 36.4 Å². The second kappa shape index (κ2) is 8.77. The molecule has 1 saturated heterocycles. The number of nitrogens with one attached hydrogen (secondary N) is 2. The number of carbonyl (C=O) groups excluding carboxylic acids is 2. The topological polar surface area (TPSA) is 98.4 Å². The number of aromatic amines is 1. The number of carbonyl (C=O) groups is 2. The van der Waals surface area contributed by atoms with Crippen LogP contribution in [-0.2, 0) is 17.9 Å². The molecule has 1 aromatic heterocycles. The van der Waals surface area contributed by atoms with Crippen molar-refractivity contribution in [1.82, 2.24) is 25.1 Å². The van der Waals surface area contributed by atoms with Crippen LogP contribution in [0.1, 0.15) is 17.8 Å². The van der Waals surface area contributed by atoms with E-state index >= 15 is 0 Å². The average molecular weight is 405 g/mol. The number of hydrogen-bond donors (Lipinski definition) is 2. The Balaban J connectivity index is 1.59. The minimum absolute atomic E-state index is 0.0174. The SMILES string of the molecule is O=C(CN1CCCNC1=O)N(Cc1ccccc1)Cc1nc2ccccc2c(=O)[nH]1. The van der Waals surface area contributed by atoms with Crippen LogP contribution in [0.2, 0.25) is 0 Å². The van der Waals surface area contributed by atoms with E-state index < -0.39 is 0 Å². The Morgan fingerprint density at radius 3 is 2.60 bits per heavy atom. The first kappa shape index (κ1) is 19.6. The molecule has 2 N–H and O–H groups in total. The Morgan fingerprint density at radius 2 is 1.80 bits per heavy atom. The van der Waals surface area contributed by atoms with Crippen molar-refractivity contribution in [3.05, 3.63) is 76.3 Å². The fraction of sp³-hybridized carbons (Fsp3) is 0.273. The lowest BCUT2D eigenvalue weighted by Crippen LogP contribution is -2.50. The van der Waals surface area contributed by atoms with E-state index in [1.54, 1.807) is 23.1 Å². The van der Waals surface area contributed by atoms with Crippen LogP contribution in [0.4, 0.5) is 4.79 Å². The maximum atomic E-state index is 13.1. The van der Waals surface area contributed by atoms with E-state index in [2.05, 4.69) is 15.3 Å². The third-order valence-corrected chi connectivity index (χ3v) is 5.07. The molecule has 0 aliphatic carbocycles. The monoisotopic (exact) mass is 405 g/mol. The van der Waals surface area contributed by atoms with Crippen LogP contribution >= 0.6 is 0 Å². The van der Waals surface area contributed by atoms with E-state index in [1.807, 2.05) is 36.4 Å². The van der Waals surface area contributed by atoms with Crippen LogP contribution in [0.15, 0.2) is 59.4 Å². The summed E-state index contributed by atoms with van der Waals surface area (Å²) in [6.07, 6.45) is 0.803. The zero-order valence-electron chi connectivity index (χ0n) is 16.5. The van der Waals surface area contributed by atoms with Gasteiger partial charge in [0, 0.05) is 19.6 Å². The summed E-state index contributed by atoms with van der Waals surface area (Å²) in [5, 5.41) is 3.27. The van der Waals surface area contributed by atoms with E-state index in [-0.39, 0.29) is 30.6 Å². The predicted molar refractivity (Wildman–Crippen MR) is 113 cm³/mol. The molecule has 0 radical (unpaired) electrons. The number of fused-ring (bicyclic) bond motifs is 1. The molecular weight excluding hydrogens is 382 g/mol. The highest BCUT2D eigenvalue weighted by Crippen LogP contribution is 2.12. The molecule has 4 rings (SSSR count). The van der Waals surface area contributed by atoms with Crippen molar-refractivity contribution in [3.8, 4) is 0 Å². The van der Waals surface area contributed by atoms with E-state index in [4.69, 9.17) is 0 Å². The molecule has 0 bridgehead atoms. The van der Waals surface area contributed by atoms with Gasteiger partial charge in [0.2, 0.25) is 5.91 Å². The fourth-order valence-electron chi connectivity index (χ4n) is 3.52. The van der Waals surface area contributed by atoms with Crippen molar-refractivity contribution >= 4 is 22.8 Å². The van der Waals surface area contributed by atoms with Crippen LogP contribution < -0.4 is 10.9 Å². The van der Waals surface area contributed by atoms with E-state index in [9.17, 15) is 14.4 Å². The molecule has 1 aliphatic heterocycles. The number of nitrogens with zero attached hydrogens (tertiary/aromatic N) is 3. The van der Waals surface area contributed by atoms with Crippen molar-refractivity contribution in [2.75, 3.05) is 19.6 Å². The van der Waals surface area contributed by atoms with Crippen molar-refractivity contribution in [3.63, 3.8) is 0 Å². The van der Waals surface area contributed by atoms with Crippen molar-refractivity contribution in [2.24, 2.45) is 0 Å². The fourth-order valence-corrected chi connectivity index (χ4v) is 3.52. The molecular formula is C22H23N5O3. The summed E-state index contributed by atoms with van der Waals surface area (Å²) in [6, 6.07) is 16.5. The molecule has 8 heteroatoms. The largest absolute Gasteiger partial charge is 0.338 e. The summed E-state index contributed by atoms with van der Waals surface area (Å²) >= 11 is 0. The summed E-state index contributed by atoms with van der Waals surface area (Å²) < 4.78 is 0. The quantitative estimate of drug-likeness (QED) is 0.654. The average Bonchev–Trinajstić information content (AvgIpc) is 2.76. The zero-order chi connectivity index (χ0) is 20.9. The predicted octanol–water partition coefficient (Wildman–Crippen LogP) is 1.87. The molecule has 2 aromatic carbocycles. The Labute approximate surface area is 173 Å². The highest BCUT2D eigenvalue weighted by molar-refractivity contribution is 5.84. The Morgan fingerprint density at radius 1 is 1.03 bits per heavy atom. The van der Waals surface area contributed by atoms with Crippen molar-refractivity contribution in [1.29, 1.82) is 0 Å². The smallest absolute Gasteiger partial charge is 0.317 e. The number of para-hydroxylation sites is 1. The third-order valence-electron chi connectivity index (χ3n) is 5.07. The lowest BCUT2D eigenvalue weighted by atomic mass is 10.2. The zero-order valence-corrected chi connectivity index (χ0v) is 16.5. The van der Waals surface area contributed by atoms with Gasteiger partial charge in [-0.2, -0.15) is 0 Å². The maximum absolute atomic E-state index is 13.1. The highest BCUT2D eigenvalue weighted by atomic mass is 16.2. The van der Waals surface area contributed by atoms with Crippen LogP contribution in [0.5, 0.6) is 0 Å². The minimum atomic E-state index is -0.238. The van der Waals surface area contributed by atoms with Gasteiger partial charge in [0.25, 0.3) is 5.56 Å². The standard InChI is InChI=1S/C22H23N5O3/c28-20(15-26-12-6-11-23-22(26)30)27(13-16-7-2-1-3-8-16)14-19-24-18-10-5-4-9-17(18)21(29)25-19/h1-5,7-10H,6,11-15H2,(H,23,30)(H,24,25,29). The summed E-state index contributed by atoms with van der Waals surface area (Å²) in [5.41, 5.74) is 1.30. The van der Waals surface area contributed by atoms with E-state index in [1.165, 1.54) is 4.90 Å². The van der Waals surface area contributed by atoms with Gasteiger partial charge in [0.1, 0.15) is 12.4 Å².